The lowest BCUT2D eigenvalue weighted by molar-refractivity contribution is -0.121. The largest absolute Gasteiger partial charge is 0.356 e. The fourth-order valence-electron chi connectivity index (χ4n) is 1.62. The Kier molecular flexibility index (Phi) is 6.83. The number of hydrogen-bond acceptors (Lipinski definition) is 4. The van der Waals surface area contributed by atoms with Gasteiger partial charge in [-0.05, 0) is 11.4 Å². The monoisotopic (exact) mass is 303 g/mol. The van der Waals surface area contributed by atoms with E-state index in [0.717, 1.165) is 19.6 Å². The van der Waals surface area contributed by atoms with E-state index < -0.39 is 0 Å². The number of nitrogens with one attached hydrogen (secondary N) is 3. The Morgan fingerprint density at radius 1 is 1.37 bits per heavy atom. The lowest BCUT2D eigenvalue weighted by atomic mass is 10.0. The molecule has 1 saturated heterocycles. The molecule has 1 aliphatic rings. The second kappa shape index (κ2) is 8.14. The van der Waals surface area contributed by atoms with Gasteiger partial charge in [0.15, 0.2) is 0 Å². The fraction of sp³-hybridized carbons (Fsp3) is 0.500. The van der Waals surface area contributed by atoms with Crippen LogP contribution in [0.25, 0.3) is 0 Å². The van der Waals surface area contributed by atoms with E-state index in [9.17, 15) is 9.59 Å². The summed E-state index contributed by atoms with van der Waals surface area (Å²) in [6.45, 7) is 3.07. The van der Waals surface area contributed by atoms with Crippen LogP contribution in [0.4, 0.5) is 0 Å². The molecule has 1 aromatic heterocycles. The van der Waals surface area contributed by atoms with E-state index in [2.05, 4.69) is 16.0 Å². The molecule has 5 nitrogen and oxygen atoms in total. The van der Waals surface area contributed by atoms with E-state index in [1.165, 1.54) is 11.3 Å². The maximum absolute atomic E-state index is 11.6. The van der Waals surface area contributed by atoms with Crippen molar-refractivity contribution in [3.05, 3.63) is 22.4 Å². The summed E-state index contributed by atoms with van der Waals surface area (Å²) in [5.74, 6) is 0.448. The minimum atomic E-state index is -0.110. The zero-order valence-electron chi connectivity index (χ0n) is 10.5. The topological polar surface area (TPSA) is 70.2 Å². The van der Waals surface area contributed by atoms with Crippen LogP contribution in [0.15, 0.2) is 17.5 Å². The Morgan fingerprint density at radius 3 is 2.74 bits per heavy atom. The first kappa shape index (κ1) is 15.9. The maximum Gasteiger partial charge on any atom is 0.261 e. The van der Waals surface area contributed by atoms with Crippen molar-refractivity contribution in [2.45, 2.75) is 6.42 Å². The molecule has 2 amide bonds. The van der Waals surface area contributed by atoms with Gasteiger partial charge < -0.3 is 16.0 Å². The number of amides is 2. The van der Waals surface area contributed by atoms with Gasteiger partial charge in [-0.3, -0.25) is 9.59 Å². The second-order valence-corrected chi connectivity index (χ2v) is 5.26. The van der Waals surface area contributed by atoms with E-state index in [1.54, 1.807) is 6.07 Å². The van der Waals surface area contributed by atoms with E-state index in [0.29, 0.717) is 23.8 Å². The van der Waals surface area contributed by atoms with E-state index >= 15 is 0 Å². The third-order valence-corrected chi connectivity index (χ3v) is 3.71. The Labute approximate surface area is 122 Å². The summed E-state index contributed by atoms with van der Waals surface area (Å²) in [4.78, 5) is 23.7. The number of rotatable bonds is 6. The predicted molar refractivity (Wildman–Crippen MR) is 77.9 cm³/mol. The van der Waals surface area contributed by atoms with Crippen LogP contribution in [-0.4, -0.2) is 38.0 Å². The quantitative estimate of drug-likeness (QED) is 0.722. The molecule has 1 aromatic rings. The molecule has 0 unspecified atom stereocenters. The average molecular weight is 304 g/mol. The first-order valence-electron chi connectivity index (χ1n) is 6.05. The molecule has 0 saturated carbocycles. The minimum Gasteiger partial charge on any atom is -0.356 e. The Hall–Kier alpha value is -1.11. The molecule has 2 rings (SSSR count). The molecule has 0 radical (unpaired) electrons. The van der Waals surface area contributed by atoms with Crippen LogP contribution in [0.5, 0.6) is 0 Å². The zero-order chi connectivity index (χ0) is 12.8. The maximum atomic E-state index is 11.6. The molecule has 7 heteroatoms. The molecule has 0 bridgehead atoms. The Bertz CT molecular complexity index is 407. The van der Waals surface area contributed by atoms with Crippen molar-refractivity contribution in [3.8, 4) is 0 Å². The van der Waals surface area contributed by atoms with Gasteiger partial charge in [0.05, 0.1) is 4.88 Å². The van der Waals surface area contributed by atoms with Crippen molar-refractivity contribution < 1.29 is 9.59 Å². The highest BCUT2D eigenvalue weighted by Crippen LogP contribution is 2.07. The third-order valence-electron chi connectivity index (χ3n) is 2.84. The van der Waals surface area contributed by atoms with Gasteiger partial charge in [0.1, 0.15) is 0 Å². The third kappa shape index (κ3) is 5.18. The SMILES string of the molecule is Cl.O=C(CCNC(=O)c1cccs1)NCC1CNC1. The van der Waals surface area contributed by atoms with Gasteiger partial charge in [0.25, 0.3) is 5.91 Å². The Balaban J connectivity index is 0.00000180. The van der Waals surface area contributed by atoms with Crippen LogP contribution < -0.4 is 16.0 Å². The minimum absolute atomic E-state index is 0. The molecule has 0 atom stereocenters. The predicted octanol–water partition coefficient (Wildman–Crippen LogP) is 0.625. The van der Waals surface area contributed by atoms with Crippen molar-refractivity contribution in [2.75, 3.05) is 26.2 Å². The summed E-state index contributed by atoms with van der Waals surface area (Å²) in [6, 6.07) is 3.60. The molecule has 1 fully saturated rings. The van der Waals surface area contributed by atoms with Gasteiger partial charge >= 0.3 is 0 Å². The number of carbonyl (C=O) groups is 2. The molecule has 0 spiro atoms. The highest BCUT2D eigenvalue weighted by Gasteiger charge is 2.17. The molecule has 3 N–H and O–H groups in total. The van der Waals surface area contributed by atoms with Crippen LogP contribution in [0.2, 0.25) is 0 Å². The zero-order valence-corrected chi connectivity index (χ0v) is 12.1. The van der Waals surface area contributed by atoms with Gasteiger partial charge in [-0.1, -0.05) is 6.07 Å². The summed E-state index contributed by atoms with van der Waals surface area (Å²) in [5.41, 5.74) is 0. The summed E-state index contributed by atoms with van der Waals surface area (Å²) < 4.78 is 0. The van der Waals surface area contributed by atoms with Crippen LogP contribution in [-0.2, 0) is 4.79 Å². The second-order valence-electron chi connectivity index (χ2n) is 4.31. The summed E-state index contributed by atoms with van der Waals surface area (Å²) in [6.07, 6.45) is 0.331. The lowest BCUT2D eigenvalue weighted by Gasteiger charge is -2.27. The van der Waals surface area contributed by atoms with E-state index in [1.807, 2.05) is 11.4 Å². The molecule has 1 aliphatic heterocycles. The molecule has 0 aliphatic carbocycles. The molecular weight excluding hydrogens is 286 g/mol. The number of thiophene rings is 1. The molecule has 0 aromatic carbocycles. The first-order chi connectivity index (χ1) is 8.75. The normalized spacial score (nSPS) is 14.1. The summed E-state index contributed by atoms with van der Waals surface area (Å²) in [7, 11) is 0. The van der Waals surface area contributed by atoms with E-state index in [-0.39, 0.29) is 24.2 Å². The van der Waals surface area contributed by atoms with Crippen molar-refractivity contribution in [3.63, 3.8) is 0 Å². The smallest absolute Gasteiger partial charge is 0.261 e. The van der Waals surface area contributed by atoms with Gasteiger partial charge in [0.2, 0.25) is 5.91 Å². The van der Waals surface area contributed by atoms with Crippen molar-refractivity contribution in [1.82, 2.24) is 16.0 Å². The van der Waals surface area contributed by atoms with Crippen LogP contribution >= 0.6 is 23.7 Å². The average Bonchev–Trinajstić information content (AvgIpc) is 2.80. The molecule has 106 valence electrons. The Morgan fingerprint density at radius 2 is 2.16 bits per heavy atom. The van der Waals surface area contributed by atoms with Gasteiger partial charge in [-0.2, -0.15) is 0 Å². The van der Waals surface area contributed by atoms with Crippen molar-refractivity contribution >= 4 is 35.6 Å². The van der Waals surface area contributed by atoms with Crippen molar-refractivity contribution in [2.24, 2.45) is 5.92 Å². The van der Waals surface area contributed by atoms with E-state index in [4.69, 9.17) is 0 Å². The number of carbonyl (C=O) groups excluding carboxylic acids is 2. The van der Waals surface area contributed by atoms with Crippen LogP contribution in [0.1, 0.15) is 16.1 Å². The molecular formula is C12H18ClN3O2S. The van der Waals surface area contributed by atoms with Gasteiger partial charge in [-0.25, -0.2) is 0 Å². The summed E-state index contributed by atoms with van der Waals surface area (Å²) in [5, 5.41) is 10.6. The highest BCUT2D eigenvalue weighted by atomic mass is 35.5. The number of halogens is 1. The fourth-order valence-corrected chi connectivity index (χ4v) is 2.26. The van der Waals surface area contributed by atoms with Crippen LogP contribution in [0, 0.1) is 5.92 Å². The molecule has 19 heavy (non-hydrogen) atoms. The molecule has 2 heterocycles. The number of hydrogen-bond donors (Lipinski definition) is 3. The first-order valence-corrected chi connectivity index (χ1v) is 6.93. The van der Waals surface area contributed by atoms with Gasteiger partial charge in [0, 0.05) is 38.5 Å². The van der Waals surface area contributed by atoms with Crippen molar-refractivity contribution in [1.29, 1.82) is 0 Å². The lowest BCUT2D eigenvalue weighted by Crippen LogP contribution is -2.48. The van der Waals surface area contributed by atoms with Crippen LogP contribution in [0.3, 0.4) is 0 Å². The standard InChI is InChI=1S/C12H17N3O2S.ClH/c16-11(15-8-9-6-13-7-9)3-4-14-12(17)10-2-1-5-18-10;/h1-2,5,9,13H,3-4,6-8H2,(H,14,17)(H,15,16);1H. The highest BCUT2D eigenvalue weighted by molar-refractivity contribution is 7.12. The van der Waals surface area contributed by atoms with Gasteiger partial charge in [-0.15, -0.1) is 23.7 Å². The summed E-state index contributed by atoms with van der Waals surface area (Å²) >= 11 is 1.40.